The van der Waals surface area contributed by atoms with Gasteiger partial charge < -0.3 is 70.5 Å². The molecule has 3 aromatic rings. The Kier molecular flexibility index (Phi) is 20.2. The Balaban J connectivity index is 0.880. The molecule has 6 aliphatic rings. The molecule has 0 aromatic heterocycles. The first kappa shape index (κ1) is 64.5. The maximum Gasteiger partial charge on any atom is 0.411 e. The molecule has 3 saturated heterocycles. The number of unbranched alkanes of at least 4 members (excludes halogenated alkanes) is 2. The monoisotopic (exact) mass is 1220 g/mol. The summed E-state index contributed by atoms with van der Waals surface area (Å²) in [7, 11) is 1.50. The number of nitrogens with one attached hydrogen (secondary N) is 4. The summed E-state index contributed by atoms with van der Waals surface area (Å²) in [6.07, 6.45) is -3.16. The number of nitrogens with zero attached hydrogens (tertiary/aromatic N) is 2. The average molecular weight is 1220 g/mol. The number of primary amides is 1. The number of aromatic hydroxyl groups is 2. The van der Waals surface area contributed by atoms with Crippen LogP contribution in [0.15, 0.2) is 54.6 Å². The zero-order valence-electron chi connectivity index (χ0n) is 49.1. The van der Waals surface area contributed by atoms with Crippen LogP contribution in [0.4, 0.5) is 15.3 Å². The Morgan fingerprint density at radius 3 is 2.31 bits per heavy atom. The minimum Gasteiger partial charge on any atom is -0.507 e. The second-order valence-electron chi connectivity index (χ2n) is 23.0. The molecule has 10 N–H and O–H groups in total. The summed E-state index contributed by atoms with van der Waals surface area (Å²) in [5.74, 6) is -7.35. The summed E-state index contributed by atoms with van der Waals surface area (Å²) in [6.45, 7) is 4.81. The van der Waals surface area contributed by atoms with Crippen LogP contribution in [0.1, 0.15) is 132 Å². The highest BCUT2D eigenvalue weighted by atomic mass is 16.7. The number of imide groups is 1. The van der Waals surface area contributed by atoms with Gasteiger partial charge in [0.25, 0.3) is 11.8 Å². The summed E-state index contributed by atoms with van der Waals surface area (Å²) in [6, 6.07) is 7.18. The number of anilines is 1. The zero-order valence-corrected chi connectivity index (χ0v) is 49.1. The fraction of sp³-hybridized carbons (Fsp3) is 0.508. The van der Waals surface area contributed by atoms with Crippen molar-refractivity contribution in [2.24, 2.45) is 11.7 Å². The molecule has 4 heterocycles. The predicted octanol–water partition coefficient (Wildman–Crippen LogP) is 2.12. The van der Waals surface area contributed by atoms with E-state index in [-0.39, 0.29) is 79.2 Å². The number of urea groups is 1. The Labute approximate surface area is 505 Å². The maximum absolute atomic E-state index is 14.9. The zero-order chi connectivity index (χ0) is 63.3. The second-order valence-corrected chi connectivity index (χ2v) is 23.0. The first-order chi connectivity index (χ1) is 42.0. The van der Waals surface area contributed by atoms with Crippen LogP contribution in [0, 0.1) is 5.92 Å². The first-order valence-corrected chi connectivity index (χ1v) is 29.3. The number of fused-ring (bicyclic) bond motifs is 6. The van der Waals surface area contributed by atoms with Crippen molar-refractivity contribution in [2.45, 2.75) is 152 Å². The van der Waals surface area contributed by atoms with E-state index in [2.05, 4.69) is 26.2 Å². The minimum absolute atomic E-state index is 0.0522. The number of phenolic OH excluding ortho intramolecular Hbond substituents is 2. The van der Waals surface area contributed by atoms with E-state index in [4.69, 9.17) is 34.2 Å². The van der Waals surface area contributed by atoms with Gasteiger partial charge in [-0.1, -0.05) is 56.7 Å². The van der Waals surface area contributed by atoms with Gasteiger partial charge in [0.2, 0.25) is 11.8 Å². The van der Waals surface area contributed by atoms with Gasteiger partial charge in [-0.05, 0) is 55.7 Å². The number of ketones is 4. The van der Waals surface area contributed by atoms with E-state index in [0.29, 0.717) is 43.5 Å². The van der Waals surface area contributed by atoms with Crippen molar-refractivity contribution in [1.82, 2.24) is 25.8 Å². The number of morpholine rings is 1. The van der Waals surface area contributed by atoms with Crippen molar-refractivity contribution in [1.29, 1.82) is 0 Å². The molecule has 9 rings (SSSR count). The number of carbonyl (C=O) groups excluding carboxylic acids is 10. The number of phenols is 2. The first-order valence-electron chi connectivity index (χ1n) is 29.3. The van der Waals surface area contributed by atoms with Crippen molar-refractivity contribution < 1.29 is 96.8 Å². The van der Waals surface area contributed by atoms with Gasteiger partial charge in [-0.3, -0.25) is 53.5 Å². The largest absolute Gasteiger partial charge is 0.507 e. The quantitative estimate of drug-likeness (QED) is 0.0261. The Morgan fingerprint density at radius 1 is 0.875 bits per heavy atom. The topological polar surface area (TPSA) is 388 Å². The molecular formula is C61H73N7O20. The van der Waals surface area contributed by atoms with E-state index in [1.54, 1.807) is 45.0 Å². The van der Waals surface area contributed by atoms with Gasteiger partial charge in [0, 0.05) is 93.7 Å². The summed E-state index contributed by atoms with van der Waals surface area (Å²) >= 11 is 0. The Morgan fingerprint density at radius 2 is 1.60 bits per heavy atom. The molecule has 472 valence electrons. The van der Waals surface area contributed by atoms with Gasteiger partial charge in [0.1, 0.15) is 42.5 Å². The molecule has 0 spiro atoms. The van der Waals surface area contributed by atoms with E-state index in [1.807, 2.05) is 0 Å². The van der Waals surface area contributed by atoms with Crippen LogP contribution in [-0.4, -0.2) is 184 Å². The third-order valence-electron chi connectivity index (χ3n) is 16.9. The maximum atomic E-state index is 14.9. The number of nitrogens with two attached hydrogens (primary N) is 1. The van der Waals surface area contributed by atoms with Gasteiger partial charge in [-0.25, -0.2) is 9.59 Å². The summed E-state index contributed by atoms with van der Waals surface area (Å²) in [4.78, 5) is 136. The molecule has 0 saturated carbocycles. The van der Waals surface area contributed by atoms with Crippen LogP contribution in [0.5, 0.6) is 11.5 Å². The second kappa shape index (κ2) is 27.6. The highest BCUT2D eigenvalue weighted by Gasteiger charge is 2.55. The standard InChI is InChI=1S/C61H73N7O20/c1-30(2)50(66-42(72)17-6-5-9-21-68-43(73)18-19-44(68)74)56(79)64-36(16-11-20-63-59(62)80)39(70)24-32-12-7-8-13-33(32)29-85-60(81)65-37-15-10-14-34-46(37)53(77)49-48(51(34)75)52(76)35-26-61(82,41(71)28-69)27-40(47(35)54(49)78)87-45-25-38-55(31(3)86-45)88-57-58(83-4)84-23-22-67(38)57/h7-8,10,12-15,18-19,30-31,36,38,40,45,50,55,57-58,69,76,78,82H,5-6,9,11,16-17,20-29H2,1-4H3,(H,64,79)(H,65,81)(H,66,72)(H3,62,63,80)/t31-,36-,38-,40-,45?,50-,55+,57+,58-,61-/m0/s1. The van der Waals surface area contributed by atoms with Crippen LogP contribution >= 0.6 is 0 Å². The normalized spacial score (nSPS) is 24.4. The molecule has 1 unspecified atom stereocenters. The van der Waals surface area contributed by atoms with Gasteiger partial charge in [-0.2, -0.15) is 0 Å². The lowest BCUT2D eigenvalue weighted by Crippen LogP contribution is -2.55. The number of methoxy groups -OCH3 is 1. The van der Waals surface area contributed by atoms with Gasteiger partial charge in [0.05, 0.1) is 47.2 Å². The molecule has 4 aliphatic heterocycles. The van der Waals surface area contributed by atoms with Crippen LogP contribution in [0.25, 0.3) is 0 Å². The molecule has 0 bridgehead atoms. The molecule has 0 radical (unpaired) electrons. The molecule has 7 amide bonds. The molecule has 10 atom stereocenters. The number of ether oxygens (including phenoxy) is 6. The lowest BCUT2D eigenvalue weighted by molar-refractivity contribution is -0.256. The van der Waals surface area contributed by atoms with E-state index in [9.17, 15) is 68.4 Å². The van der Waals surface area contributed by atoms with E-state index >= 15 is 0 Å². The van der Waals surface area contributed by atoms with Crippen molar-refractivity contribution in [3.05, 3.63) is 99.1 Å². The number of carbonyl (C=O) groups is 10. The molecule has 3 aromatic carbocycles. The number of benzene rings is 3. The molecule has 2 aliphatic carbocycles. The van der Waals surface area contributed by atoms with E-state index in [1.165, 1.54) is 37.5 Å². The third-order valence-corrected chi connectivity index (χ3v) is 16.9. The number of Topliss-reactive ketones (excluding diaryl/α,β-unsaturated/α-hetero) is 2. The van der Waals surface area contributed by atoms with E-state index < -0.39 is 168 Å². The van der Waals surface area contributed by atoms with Crippen LogP contribution in [0.3, 0.4) is 0 Å². The van der Waals surface area contributed by atoms with Crippen LogP contribution in [0.2, 0.25) is 0 Å². The van der Waals surface area contributed by atoms with E-state index in [0.717, 1.165) is 4.90 Å². The van der Waals surface area contributed by atoms with Crippen molar-refractivity contribution in [2.75, 3.05) is 45.3 Å². The smallest absolute Gasteiger partial charge is 0.411 e. The van der Waals surface area contributed by atoms with Crippen LogP contribution < -0.4 is 27.0 Å². The predicted molar refractivity (Wildman–Crippen MR) is 306 cm³/mol. The van der Waals surface area contributed by atoms with Crippen molar-refractivity contribution >= 4 is 64.6 Å². The SMILES string of the molecule is CO[C@H]1OCCN2[C@@H]1O[C@@H]1[C@H](C)OC(O[C@H]3C[C@](O)(C(=O)CO)Cc4c(O)c5c(c(O)c43)C(=O)c3c(NC(=O)OCc4ccccc4CC(=O)[C@H](CCCNC(N)=O)NC(=O)[C@@H](NC(=O)CCCCCN4C(=O)C=CC4=O)C(C)C)cccc3C5=O)C[C@@H]12. The number of amides is 7. The number of hydrogen-bond donors (Lipinski definition) is 9. The van der Waals surface area contributed by atoms with Gasteiger partial charge >= 0.3 is 12.1 Å². The minimum atomic E-state index is -2.38. The number of aliphatic hydroxyl groups excluding tert-OH is 1. The third kappa shape index (κ3) is 13.7. The highest BCUT2D eigenvalue weighted by Crippen LogP contribution is 2.53. The molecular weight excluding hydrogens is 1150 g/mol. The number of rotatable bonds is 25. The fourth-order valence-electron chi connectivity index (χ4n) is 12.4. The molecule has 3 fully saturated rings. The van der Waals surface area contributed by atoms with Crippen molar-refractivity contribution in [3.8, 4) is 11.5 Å². The average Bonchev–Trinajstić information content (AvgIpc) is 0.908. The lowest BCUT2D eigenvalue weighted by atomic mass is 9.71. The molecule has 27 nitrogen and oxygen atoms in total. The highest BCUT2D eigenvalue weighted by molar-refractivity contribution is 6.32. The Bertz CT molecular complexity index is 3280. The van der Waals surface area contributed by atoms with Gasteiger partial charge in [0.15, 0.2) is 41.9 Å². The van der Waals surface area contributed by atoms with Crippen molar-refractivity contribution in [3.63, 3.8) is 0 Å². The number of hydrogen-bond acceptors (Lipinski definition) is 21. The summed E-state index contributed by atoms with van der Waals surface area (Å²) in [5.41, 5.74) is 0.982. The fourth-order valence-corrected chi connectivity index (χ4v) is 12.4. The molecule has 88 heavy (non-hydrogen) atoms. The molecule has 27 heteroatoms. The Hall–Kier alpha value is -8.02. The number of aliphatic hydroxyl groups is 2. The summed E-state index contributed by atoms with van der Waals surface area (Å²) in [5, 5.41) is 56.6. The summed E-state index contributed by atoms with van der Waals surface area (Å²) < 4.78 is 36.0. The van der Waals surface area contributed by atoms with Crippen LogP contribution in [-0.2, 0) is 76.6 Å². The lowest BCUT2D eigenvalue weighted by Gasteiger charge is -2.43. The van der Waals surface area contributed by atoms with Gasteiger partial charge in [-0.15, -0.1) is 0 Å².